The number of nitrogens with one attached hydrogen (secondary N) is 2. The molecule has 0 saturated heterocycles. The van der Waals surface area contributed by atoms with Gasteiger partial charge in [-0.15, -0.1) is 0 Å². The van der Waals surface area contributed by atoms with E-state index in [1.165, 1.54) is 12.1 Å². The smallest absolute Gasteiger partial charge is 0.261 e. The molecule has 0 radical (unpaired) electrons. The van der Waals surface area contributed by atoms with Gasteiger partial charge >= 0.3 is 0 Å². The zero-order valence-corrected chi connectivity index (χ0v) is 18.1. The van der Waals surface area contributed by atoms with Crippen molar-refractivity contribution >= 4 is 21.6 Å². The number of aryl methyl sites for hydroxylation is 1. The molecule has 0 aliphatic rings. The van der Waals surface area contributed by atoms with Gasteiger partial charge in [-0.2, -0.15) is 0 Å². The van der Waals surface area contributed by atoms with Gasteiger partial charge in [-0.3, -0.25) is 9.52 Å². The van der Waals surface area contributed by atoms with Gasteiger partial charge < -0.3 is 14.8 Å². The lowest BCUT2D eigenvalue weighted by molar-refractivity contribution is -0.123. The molecule has 0 bridgehead atoms. The third-order valence-corrected chi connectivity index (χ3v) is 5.87. The van der Waals surface area contributed by atoms with Crippen molar-refractivity contribution in [1.82, 2.24) is 5.32 Å². The van der Waals surface area contributed by atoms with E-state index in [2.05, 4.69) is 10.0 Å². The molecule has 0 saturated carbocycles. The first-order valence-corrected chi connectivity index (χ1v) is 11.1. The quantitative estimate of drug-likeness (QED) is 0.531. The van der Waals surface area contributed by atoms with Crippen molar-refractivity contribution < 1.29 is 22.7 Å². The second kappa shape index (κ2) is 9.99. The van der Waals surface area contributed by atoms with Crippen LogP contribution < -0.4 is 19.5 Å². The molecule has 0 heterocycles. The fraction of sp³-hybridized carbons (Fsp3) is 0.174. The van der Waals surface area contributed by atoms with Crippen molar-refractivity contribution in [2.75, 3.05) is 18.4 Å². The van der Waals surface area contributed by atoms with Crippen molar-refractivity contribution in [2.45, 2.75) is 18.4 Å². The summed E-state index contributed by atoms with van der Waals surface area (Å²) in [6.07, 6.45) is 0. The molecule has 0 unspecified atom stereocenters. The summed E-state index contributed by atoms with van der Waals surface area (Å²) in [5.74, 6) is 0.812. The van der Waals surface area contributed by atoms with Crippen molar-refractivity contribution in [3.05, 3.63) is 83.9 Å². The van der Waals surface area contributed by atoms with E-state index in [1.54, 1.807) is 44.4 Å². The second-order valence-corrected chi connectivity index (χ2v) is 8.49. The highest BCUT2D eigenvalue weighted by Crippen LogP contribution is 2.24. The predicted molar refractivity (Wildman–Crippen MR) is 119 cm³/mol. The van der Waals surface area contributed by atoms with Crippen LogP contribution in [0.1, 0.15) is 11.1 Å². The second-order valence-electron chi connectivity index (χ2n) is 6.81. The maximum atomic E-state index is 12.7. The van der Waals surface area contributed by atoms with Crippen molar-refractivity contribution in [3.63, 3.8) is 0 Å². The van der Waals surface area contributed by atoms with E-state index < -0.39 is 10.0 Å². The SMILES string of the molecule is COc1ccc(NS(=O)(=O)c2ccc(OCC(=O)NCc3ccccc3)c(C)c2)cc1. The zero-order chi connectivity index (χ0) is 22.3. The highest BCUT2D eigenvalue weighted by Gasteiger charge is 2.16. The van der Waals surface area contributed by atoms with Crippen LogP contribution in [0.25, 0.3) is 0 Å². The highest BCUT2D eigenvalue weighted by molar-refractivity contribution is 7.92. The molecule has 8 heteroatoms. The van der Waals surface area contributed by atoms with Crippen molar-refractivity contribution in [2.24, 2.45) is 0 Å². The van der Waals surface area contributed by atoms with E-state index in [0.29, 0.717) is 29.3 Å². The number of anilines is 1. The van der Waals surface area contributed by atoms with E-state index in [1.807, 2.05) is 30.3 Å². The standard InChI is InChI=1S/C23H24N2O5S/c1-17-14-21(31(27,28)25-19-8-10-20(29-2)11-9-19)12-13-22(17)30-16-23(26)24-15-18-6-4-3-5-7-18/h3-14,25H,15-16H2,1-2H3,(H,24,26). The lowest BCUT2D eigenvalue weighted by Gasteiger charge is -2.12. The van der Waals surface area contributed by atoms with Gasteiger partial charge in [-0.25, -0.2) is 8.42 Å². The Morgan fingerprint density at radius 1 is 0.968 bits per heavy atom. The van der Waals surface area contributed by atoms with Gasteiger partial charge in [0.05, 0.1) is 12.0 Å². The van der Waals surface area contributed by atoms with E-state index in [0.717, 1.165) is 5.56 Å². The molecule has 7 nitrogen and oxygen atoms in total. The number of hydrogen-bond acceptors (Lipinski definition) is 5. The number of rotatable bonds is 9. The molecule has 0 aliphatic heterocycles. The Bertz CT molecular complexity index is 1130. The predicted octanol–water partition coefficient (Wildman–Crippen LogP) is 3.50. The Kier molecular flexibility index (Phi) is 7.15. The first-order chi connectivity index (χ1) is 14.9. The van der Waals surface area contributed by atoms with Crippen LogP contribution in [0, 0.1) is 6.92 Å². The van der Waals surface area contributed by atoms with Gasteiger partial charge in [0.25, 0.3) is 15.9 Å². The molecular weight excluding hydrogens is 416 g/mol. The molecule has 0 spiro atoms. The van der Waals surface area contributed by atoms with Crippen LogP contribution >= 0.6 is 0 Å². The number of ether oxygens (including phenoxy) is 2. The lowest BCUT2D eigenvalue weighted by atomic mass is 10.2. The highest BCUT2D eigenvalue weighted by atomic mass is 32.2. The topological polar surface area (TPSA) is 93.7 Å². The fourth-order valence-electron chi connectivity index (χ4n) is 2.81. The van der Waals surface area contributed by atoms with Crippen molar-refractivity contribution in [3.8, 4) is 11.5 Å². The summed E-state index contributed by atoms with van der Waals surface area (Å²) < 4.78 is 38.5. The largest absolute Gasteiger partial charge is 0.497 e. The average Bonchev–Trinajstić information content (AvgIpc) is 2.77. The number of sulfonamides is 1. The number of methoxy groups -OCH3 is 1. The van der Waals surface area contributed by atoms with Gasteiger partial charge in [0, 0.05) is 12.2 Å². The summed E-state index contributed by atoms with van der Waals surface area (Å²) in [7, 11) is -2.23. The average molecular weight is 441 g/mol. The van der Waals surface area contributed by atoms with Crippen LogP contribution in [0.2, 0.25) is 0 Å². The van der Waals surface area contributed by atoms with Gasteiger partial charge in [-0.05, 0) is 60.5 Å². The monoisotopic (exact) mass is 440 g/mol. The van der Waals surface area contributed by atoms with E-state index >= 15 is 0 Å². The third kappa shape index (κ3) is 6.23. The Labute approximate surface area is 182 Å². The maximum Gasteiger partial charge on any atom is 0.261 e. The summed E-state index contributed by atoms with van der Waals surface area (Å²) in [5, 5.41) is 2.78. The third-order valence-electron chi connectivity index (χ3n) is 4.49. The summed E-state index contributed by atoms with van der Waals surface area (Å²) in [4.78, 5) is 12.1. The molecule has 0 aliphatic carbocycles. The van der Waals surface area contributed by atoms with Crippen LogP contribution in [0.15, 0.2) is 77.7 Å². The molecule has 0 aromatic heterocycles. The van der Waals surface area contributed by atoms with Gasteiger partial charge in [0.2, 0.25) is 0 Å². The maximum absolute atomic E-state index is 12.7. The van der Waals surface area contributed by atoms with Crippen LogP contribution in [-0.4, -0.2) is 28.0 Å². The minimum absolute atomic E-state index is 0.0988. The normalized spacial score (nSPS) is 10.9. The fourth-order valence-corrected chi connectivity index (χ4v) is 3.96. The first-order valence-electron chi connectivity index (χ1n) is 9.58. The Hall–Kier alpha value is -3.52. The zero-order valence-electron chi connectivity index (χ0n) is 17.3. The van der Waals surface area contributed by atoms with Crippen LogP contribution in [0.4, 0.5) is 5.69 Å². The van der Waals surface area contributed by atoms with E-state index in [-0.39, 0.29) is 17.4 Å². The number of amides is 1. The number of benzene rings is 3. The molecule has 0 atom stereocenters. The van der Waals surface area contributed by atoms with Gasteiger partial charge in [-0.1, -0.05) is 30.3 Å². The molecule has 3 rings (SSSR count). The van der Waals surface area contributed by atoms with E-state index in [9.17, 15) is 13.2 Å². The summed E-state index contributed by atoms with van der Waals surface area (Å²) in [6, 6.07) is 20.6. The van der Waals surface area contributed by atoms with Crippen molar-refractivity contribution in [1.29, 1.82) is 0 Å². The molecule has 3 aromatic rings. The molecule has 31 heavy (non-hydrogen) atoms. The van der Waals surface area contributed by atoms with Gasteiger partial charge in [0.1, 0.15) is 11.5 Å². The number of carbonyl (C=O) groups is 1. The summed E-state index contributed by atoms with van der Waals surface area (Å²) in [6.45, 7) is 1.98. The van der Waals surface area contributed by atoms with Crippen LogP contribution in [-0.2, 0) is 21.4 Å². The summed E-state index contributed by atoms with van der Waals surface area (Å²) >= 11 is 0. The molecular formula is C23H24N2O5S. The Morgan fingerprint density at radius 2 is 1.68 bits per heavy atom. The number of carbonyl (C=O) groups excluding carboxylic acids is 1. The molecule has 162 valence electrons. The Balaban J connectivity index is 1.58. The summed E-state index contributed by atoms with van der Waals surface area (Å²) in [5.41, 5.74) is 2.02. The van der Waals surface area contributed by atoms with E-state index in [4.69, 9.17) is 9.47 Å². The molecule has 3 aromatic carbocycles. The molecule has 1 amide bonds. The van der Waals surface area contributed by atoms with Crippen LogP contribution in [0.3, 0.4) is 0 Å². The molecule has 2 N–H and O–H groups in total. The number of hydrogen-bond donors (Lipinski definition) is 2. The first kappa shape index (κ1) is 22.2. The van der Waals surface area contributed by atoms with Gasteiger partial charge in [0.15, 0.2) is 6.61 Å². The minimum atomic E-state index is -3.77. The molecule has 0 fully saturated rings. The Morgan fingerprint density at radius 3 is 2.32 bits per heavy atom. The van der Waals surface area contributed by atoms with Crippen LogP contribution in [0.5, 0.6) is 11.5 Å². The minimum Gasteiger partial charge on any atom is -0.497 e. The lowest BCUT2D eigenvalue weighted by Crippen LogP contribution is -2.28.